The summed E-state index contributed by atoms with van der Waals surface area (Å²) < 4.78 is 5.54. The molecule has 0 spiro atoms. The van der Waals surface area contributed by atoms with Crippen LogP contribution in [0.3, 0.4) is 0 Å². The summed E-state index contributed by atoms with van der Waals surface area (Å²) in [6.45, 7) is 9.95. The highest BCUT2D eigenvalue weighted by Gasteiger charge is 2.05. The Bertz CT molecular complexity index is 328. The van der Waals surface area contributed by atoms with Gasteiger partial charge < -0.3 is 10.1 Å². The van der Waals surface area contributed by atoms with Gasteiger partial charge in [0.1, 0.15) is 0 Å². The van der Waals surface area contributed by atoms with Crippen LogP contribution < -0.4 is 5.32 Å². The molecule has 0 saturated carbocycles. The summed E-state index contributed by atoms with van der Waals surface area (Å²) >= 11 is 1.74. The molecule has 0 aliphatic rings. The minimum atomic E-state index is 0.312. The highest BCUT2D eigenvalue weighted by atomic mass is 32.1. The third-order valence-electron chi connectivity index (χ3n) is 2.43. The number of hydrogen-bond donors (Lipinski definition) is 1. The Labute approximate surface area is 114 Å². The highest BCUT2D eigenvalue weighted by molar-refractivity contribution is 7.15. The molecule has 0 unspecified atom stereocenters. The van der Waals surface area contributed by atoms with Crippen molar-refractivity contribution in [2.24, 2.45) is 0 Å². The number of hydrogen-bond acceptors (Lipinski definition) is 5. The quantitative estimate of drug-likeness (QED) is 0.749. The Morgan fingerprint density at radius 2 is 2.28 bits per heavy atom. The third-order valence-corrected chi connectivity index (χ3v) is 3.37. The highest BCUT2D eigenvalue weighted by Crippen LogP contribution is 2.19. The second-order valence-corrected chi connectivity index (χ2v) is 5.83. The number of ether oxygens (including phenoxy) is 1. The molecule has 0 amide bonds. The van der Waals surface area contributed by atoms with Crippen molar-refractivity contribution in [3.05, 3.63) is 11.1 Å². The minimum Gasteiger partial charge on any atom is -0.377 e. The molecule has 0 fully saturated rings. The van der Waals surface area contributed by atoms with Crippen LogP contribution in [0.25, 0.3) is 0 Å². The first-order chi connectivity index (χ1) is 8.61. The smallest absolute Gasteiger partial charge is 0.182 e. The zero-order valence-electron chi connectivity index (χ0n) is 11.9. The monoisotopic (exact) mass is 271 g/mol. The van der Waals surface area contributed by atoms with Crippen LogP contribution in [0.2, 0.25) is 0 Å². The standard InChI is InChI=1S/C13H25N3OS/c1-5-6-14-13-15-9-12(18-13)10-16(4)7-8-17-11(2)3/h9,11H,5-8,10H2,1-4H3,(H,14,15). The van der Waals surface area contributed by atoms with E-state index in [9.17, 15) is 0 Å². The molecule has 0 radical (unpaired) electrons. The lowest BCUT2D eigenvalue weighted by Gasteiger charge is -2.16. The van der Waals surface area contributed by atoms with E-state index in [1.54, 1.807) is 11.3 Å². The minimum absolute atomic E-state index is 0.312. The molecule has 18 heavy (non-hydrogen) atoms. The molecular weight excluding hydrogens is 246 g/mol. The Morgan fingerprint density at radius 3 is 2.94 bits per heavy atom. The summed E-state index contributed by atoms with van der Waals surface area (Å²) in [5.74, 6) is 0. The molecule has 0 bridgehead atoms. The van der Waals surface area contributed by atoms with E-state index in [1.165, 1.54) is 4.88 Å². The maximum atomic E-state index is 5.54. The van der Waals surface area contributed by atoms with E-state index >= 15 is 0 Å². The normalized spacial score (nSPS) is 11.4. The van der Waals surface area contributed by atoms with E-state index in [2.05, 4.69) is 43.0 Å². The van der Waals surface area contributed by atoms with Crippen molar-refractivity contribution in [1.82, 2.24) is 9.88 Å². The van der Waals surface area contributed by atoms with E-state index < -0.39 is 0 Å². The van der Waals surface area contributed by atoms with Crippen LogP contribution in [0.5, 0.6) is 0 Å². The van der Waals surface area contributed by atoms with Gasteiger partial charge in [-0.2, -0.15) is 0 Å². The predicted molar refractivity (Wildman–Crippen MR) is 78.3 cm³/mol. The predicted octanol–water partition coefficient (Wildman–Crippen LogP) is 2.82. The van der Waals surface area contributed by atoms with Crippen molar-refractivity contribution in [1.29, 1.82) is 0 Å². The van der Waals surface area contributed by atoms with E-state index in [-0.39, 0.29) is 0 Å². The van der Waals surface area contributed by atoms with Gasteiger partial charge in [-0.25, -0.2) is 4.98 Å². The number of nitrogens with zero attached hydrogens (tertiary/aromatic N) is 2. The number of thiazole rings is 1. The Hall–Kier alpha value is -0.650. The van der Waals surface area contributed by atoms with E-state index in [1.807, 2.05) is 6.20 Å². The van der Waals surface area contributed by atoms with Crippen molar-refractivity contribution in [2.45, 2.75) is 39.8 Å². The van der Waals surface area contributed by atoms with Crippen molar-refractivity contribution in [3.63, 3.8) is 0 Å². The van der Waals surface area contributed by atoms with Gasteiger partial charge in [0.05, 0.1) is 12.7 Å². The van der Waals surface area contributed by atoms with Crippen LogP contribution in [0.15, 0.2) is 6.20 Å². The van der Waals surface area contributed by atoms with Gasteiger partial charge in [-0.1, -0.05) is 6.92 Å². The van der Waals surface area contributed by atoms with Crippen LogP contribution >= 0.6 is 11.3 Å². The molecule has 1 N–H and O–H groups in total. The number of anilines is 1. The molecule has 1 aromatic rings. The second kappa shape index (κ2) is 8.45. The summed E-state index contributed by atoms with van der Waals surface area (Å²) in [5.41, 5.74) is 0. The summed E-state index contributed by atoms with van der Waals surface area (Å²) in [7, 11) is 2.11. The molecule has 1 heterocycles. The summed E-state index contributed by atoms with van der Waals surface area (Å²) in [6, 6.07) is 0. The average molecular weight is 271 g/mol. The Morgan fingerprint density at radius 1 is 1.50 bits per heavy atom. The van der Waals surface area contributed by atoms with Crippen molar-refractivity contribution in [3.8, 4) is 0 Å². The fourth-order valence-electron chi connectivity index (χ4n) is 1.48. The van der Waals surface area contributed by atoms with Gasteiger partial charge in [0, 0.05) is 30.7 Å². The third kappa shape index (κ3) is 6.33. The Kier molecular flexibility index (Phi) is 7.23. The molecule has 0 aromatic carbocycles. The van der Waals surface area contributed by atoms with Gasteiger partial charge in [-0.3, -0.25) is 4.90 Å². The van der Waals surface area contributed by atoms with Gasteiger partial charge in [0.2, 0.25) is 0 Å². The molecule has 1 rings (SSSR count). The fraction of sp³-hybridized carbons (Fsp3) is 0.769. The van der Waals surface area contributed by atoms with Crippen LogP contribution in [0.4, 0.5) is 5.13 Å². The molecule has 0 aliphatic carbocycles. The number of rotatable bonds is 9. The summed E-state index contributed by atoms with van der Waals surface area (Å²) in [6.07, 6.45) is 3.40. The SMILES string of the molecule is CCCNc1ncc(CN(C)CCOC(C)C)s1. The molecule has 4 nitrogen and oxygen atoms in total. The first-order valence-electron chi connectivity index (χ1n) is 6.60. The second-order valence-electron chi connectivity index (χ2n) is 4.72. The molecule has 0 atom stereocenters. The number of aromatic nitrogens is 1. The first kappa shape index (κ1) is 15.4. The van der Waals surface area contributed by atoms with Gasteiger partial charge in [0.15, 0.2) is 5.13 Å². The van der Waals surface area contributed by atoms with Crippen molar-refractivity contribution < 1.29 is 4.74 Å². The van der Waals surface area contributed by atoms with Crippen LogP contribution in [0.1, 0.15) is 32.1 Å². The largest absolute Gasteiger partial charge is 0.377 e. The van der Waals surface area contributed by atoms with Crippen LogP contribution in [-0.2, 0) is 11.3 Å². The van der Waals surface area contributed by atoms with Crippen molar-refractivity contribution in [2.75, 3.05) is 32.1 Å². The van der Waals surface area contributed by atoms with Crippen LogP contribution in [0, 0.1) is 0 Å². The first-order valence-corrected chi connectivity index (χ1v) is 7.42. The van der Waals surface area contributed by atoms with E-state index in [0.717, 1.165) is 37.8 Å². The van der Waals surface area contributed by atoms with Crippen molar-refractivity contribution >= 4 is 16.5 Å². The zero-order valence-corrected chi connectivity index (χ0v) is 12.7. The molecule has 104 valence electrons. The van der Waals surface area contributed by atoms with Gasteiger partial charge in [-0.05, 0) is 27.3 Å². The summed E-state index contributed by atoms with van der Waals surface area (Å²) in [5, 5.41) is 4.34. The molecule has 0 saturated heterocycles. The molecule has 0 aliphatic heterocycles. The maximum absolute atomic E-state index is 5.54. The van der Waals surface area contributed by atoms with E-state index in [0.29, 0.717) is 6.10 Å². The maximum Gasteiger partial charge on any atom is 0.182 e. The average Bonchev–Trinajstić information content (AvgIpc) is 2.73. The Balaban J connectivity index is 2.26. The topological polar surface area (TPSA) is 37.4 Å². The van der Waals surface area contributed by atoms with Gasteiger partial charge in [-0.15, -0.1) is 11.3 Å². The molecular formula is C13H25N3OS. The molecule has 5 heteroatoms. The lowest BCUT2D eigenvalue weighted by Crippen LogP contribution is -2.23. The van der Waals surface area contributed by atoms with E-state index in [4.69, 9.17) is 4.74 Å². The molecule has 1 aromatic heterocycles. The lowest BCUT2D eigenvalue weighted by atomic mass is 10.4. The number of likely N-dealkylation sites (N-methyl/N-ethyl adjacent to an activating group) is 1. The lowest BCUT2D eigenvalue weighted by molar-refractivity contribution is 0.0628. The van der Waals surface area contributed by atoms with Crippen LogP contribution in [-0.4, -0.2) is 42.7 Å². The van der Waals surface area contributed by atoms with Gasteiger partial charge in [0.25, 0.3) is 0 Å². The number of nitrogens with one attached hydrogen (secondary N) is 1. The zero-order chi connectivity index (χ0) is 13.4. The van der Waals surface area contributed by atoms with Gasteiger partial charge >= 0.3 is 0 Å². The fourth-order valence-corrected chi connectivity index (χ4v) is 2.40. The summed E-state index contributed by atoms with van der Waals surface area (Å²) in [4.78, 5) is 7.92.